The van der Waals surface area contributed by atoms with E-state index in [-0.39, 0.29) is 23.1 Å². The summed E-state index contributed by atoms with van der Waals surface area (Å²) in [6.45, 7) is 13.9. The highest BCUT2D eigenvalue weighted by molar-refractivity contribution is 7.80. The van der Waals surface area contributed by atoms with Crippen molar-refractivity contribution < 1.29 is 18.0 Å². The van der Waals surface area contributed by atoms with Gasteiger partial charge in [-0.05, 0) is 77.5 Å². The highest BCUT2D eigenvalue weighted by Gasteiger charge is 2.42. The van der Waals surface area contributed by atoms with E-state index < -0.39 is 11.7 Å². The molecular weight excluding hydrogens is 499 g/mol. The molecule has 0 unspecified atom stereocenters. The molecule has 10 heteroatoms. The van der Waals surface area contributed by atoms with Gasteiger partial charge in [-0.2, -0.15) is 18.4 Å². The molecule has 2 saturated heterocycles. The van der Waals surface area contributed by atoms with Crippen LogP contribution in [-0.2, 0) is 11.0 Å². The number of nitriles is 1. The van der Waals surface area contributed by atoms with Crippen LogP contribution < -0.4 is 4.90 Å². The zero-order valence-corrected chi connectivity index (χ0v) is 23.3. The van der Waals surface area contributed by atoms with Crippen molar-refractivity contribution in [2.45, 2.75) is 84.1 Å². The number of piperazine rings is 1. The van der Waals surface area contributed by atoms with Crippen LogP contribution in [0.5, 0.6) is 0 Å². The molecule has 0 bridgehead atoms. The molecule has 204 valence electrons. The number of nitrogens with zero attached hydrogens (tertiary/aromatic N) is 5. The van der Waals surface area contributed by atoms with Crippen molar-refractivity contribution >= 4 is 28.9 Å². The van der Waals surface area contributed by atoms with E-state index in [1.807, 2.05) is 4.90 Å². The summed E-state index contributed by atoms with van der Waals surface area (Å²) in [5.41, 5.74) is -1.27. The lowest BCUT2D eigenvalue weighted by atomic mass is 10.0. The fourth-order valence-corrected chi connectivity index (χ4v) is 5.97. The zero-order chi connectivity index (χ0) is 27.5. The molecule has 1 aromatic rings. The number of hydrogen-bond donors (Lipinski definition) is 0. The average molecular weight is 538 g/mol. The second-order valence-corrected chi connectivity index (χ2v) is 11.3. The Morgan fingerprint density at radius 2 is 1.76 bits per heavy atom. The van der Waals surface area contributed by atoms with Crippen LogP contribution in [0, 0.1) is 11.3 Å². The molecule has 2 heterocycles. The van der Waals surface area contributed by atoms with Gasteiger partial charge in [0.15, 0.2) is 5.11 Å². The Bertz CT molecular complexity index is 1040. The first-order valence-corrected chi connectivity index (χ1v) is 13.4. The summed E-state index contributed by atoms with van der Waals surface area (Å²) < 4.78 is 40.4. The van der Waals surface area contributed by atoms with Crippen LogP contribution in [0.3, 0.4) is 0 Å². The average Bonchev–Trinajstić information content (AvgIpc) is 3.05. The van der Waals surface area contributed by atoms with Crippen molar-refractivity contribution in [1.29, 1.82) is 5.26 Å². The second kappa shape index (κ2) is 11.6. The minimum absolute atomic E-state index is 0.139. The van der Waals surface area contributed by atoms with Crippen molar-refractivity contribution in [3.63, 3.8) is 0 Å². The summed E-state index contributed by atoms with van der Waals surface area (Å²) in [7, 11) is 0. The Labute approximate surface area is 224 Å². The summed E-state index contributed by atoms with van der Waals surface area (Å²) in [4.78, 5) is 20.1. The number of carbonyl (C=O) groups is 1. The number of thiocarbonyl (C=S) groups is 1. The fourth-order valence-electron chi connectivity index (χ4n) is 5.46. The van der Waals surface area contributed by atoms with Crippen LogP contribution in [0.25, 0.3) is 0 Å². The Balaban J connectivity index is 1.51. The standard InChI is InChI=1S/C27H38F3N5OS/c1-19-17-33(21(3)36)20(2)16-32(19)12-8-6-7-9-13-35-25(37)34(18-26(35,4)5)23-11-10-22(15-31)24(14-23)27(28,29)30/h10-11,14,19-20H,6-9,12-13,16-18H2,1-5H3/t19-,20+/m1/s1. The fraction of sp³-hybridized carbons (Fsp3) is 0.667. The van der Waals surface area contributed by atoms with E-state index in [1.54, 1.807) is 17.9 Å². The number of alkyl halides is 3. The minimum atomic E-state index is -4.60. The van der Waals surface area contributed by atoms with Gasteiger partial charge in [0.1, 0.15) is 0 Å². The topological polar surface area (TPSA) is 53.8 Å². The largest absolute Gasteiger partial charge is 0.417 e. The van der Waals surface area contributed by atoms with E-state index in [4.69, 9.17) is 17.5 Å². The van der Waals surface area contributed by atoms with Crippen molar-refractivity contribution in [2.24, 2.45) is 0 Å². The molecule has 0 spiro atoms. The van der Waals surface area contributed by atoms with Crippen LogP contribution in [0.4, 0.5) is 18.9 Å². The van der Waals surface area contributed by atoms with Gasteiger partial charge in [-0.1, -0.05) is 12.8 Å². The van der Waals surface area contributed by atoms with Crippen LogP contribution in [0.1, 0.15) is 71.4 Å². The number of benzene rings is 1. The molecule has 3 rings (SSSR count). The molecule has 6 nitrogen and oxygen atoms in total. The number of amides is 1. The molecule has 1 aromatic carbocycles. The van der Waals surface area contributed by atoms with Gasteiger partial charge in [-0.25, -0.2) is 0 Å². The lowest BCUT2D eigenvalue weighted by Gasteiger charge is -2.44. The zero-order valence-electron chi connectivity index (χ0n) is 22.4. The first-order valence-electron chi connectivity index (χ1n) is 13.0. The Morgan fingerprint density at radius 3 is 2.35 bits per heavy atom. The highest BCUT2D eigenvalue weighted by atomic mass is 32.1. The Kier molecular flexibility index (Phi) is 9.12. The van der Waals surface area contributed by atoms with Crippen molar-refractivity contribution in [3.05, 3.63) is 29.3 Å². The van der Waals surface area contributed by atoms with Gasteiger partial charge in [0, 0.05) is 50.9 Å². The SMILES string of the molecule is CC(=O)N1C[C@@H](C)N(CCCCCCN2C(=S)N(c3ccc(C#N)c(C(F)(F)F)c3)CC2(C)C)C[C@@H]1C. The second-order valence-electron chi connectivity index (χ2n) is 11.0. The summed E-state index contributed by atoms with van der Waals surface area (Å²) in [5, 5.41) is 9.61. The lowest BCUT2D eigenvalue weighted by molar-refractivity contribution is -0.138. The minimum Gasteiger partial charge on any atom is -0.342 e. The molecule has 37 heavy (non-hydrogen) atoms. The van der Waals surface area contributed by atoms with Crippen LogP contribution in [0.15, 0.2) is 18.2 Å². The van der Waals surface area contributed by atoms with Gasteiger partial charge in [0.2, 0.25) is 5.91 Å². The van der Waals surface area contributed by atoms with Gasteiger partial charge in [-0.15, -0.1) is 0 Å². The van der Waals surface area contributed by atoms with Crippen molar-refractivity contribution in [1.82, 2.24) is 14.7 Å². The highest BCUT2D eigenvalue weighted by Crippen LogP contribution is 2.37. The Hall–Kier alpha value is -2.38. The van der Waals surface area contributed by atoms with Gasteiger partial charge in [0.25, 0.3) is 0 Å². The smallest absolute Gasteiger partial charge is 0.342 e. The van der Waals surface area contributed by atoms with Crippen LogP contribution >= 0.6 is 12.2 Å². The molecule has 0 saturated carbocycles. The van der Waals surface area contributed by atoms with Gasteiger partial charge >= 0.3 is 6.18 Å². The predicted octanol–water partition coefficient (Wildman–Crippen LogP) is 5.26. The molecule has 0 radical (unpaired) electrons. The molecule has 2 aliphatic rings. The predicted molar refractivity (Wildman–Crippen MR) is 143 cm³/mol. The van der Waals surface area contributed by atoms with E-state index >= 15 is 0 Å². The van der Waals surface area contributed by atoms with Gasteiger partial charge < -0.3 is 14.7 Å². The van der Waals surface area contributed by atoms with E-state index in [9.17, 15) is 18.0 Å². The molecular formula is C27H38F3N5OS. The third kappa shape index (κ3) is 6.74. The first kappa shape index (κ1) is 29.2. The third-order valence-corrected chi connectivity index (χ3v) is 8.02. The maximum atomic E-state index is 13.5. The maximum absolute atomic E-state index is 13.5. The van der Waals surface area contributed by atoms with Crippen LogP contribution in [0.2, 0.25) is 0 Å². The Morgan fingerprint density at radius 1 is 1.11 bits per heavy atom. The van der Waals surface area contributed by atoms with Gasteiger partial charge in [-0.3, -0.25) is 9.69 Å². The van der Waals surface area contributed by atoms with Crippen LogP contribution in [-0.4, -0.2) is 76.1 Å². The van der Waals surface area contributed by atoms with Crippen molar-refractivity contribution in [3.8, 4) is 6.07 Å². The molecule has 0 aromatic heterocycles. The summed E-state index contributed by atoms with van der Waals surface area (Å²) in [5.74, 6) is 0.139. The van der Waals surface area contributed by atoms with E-state index in [2.05, 4.69) is 37.5 Å². The number of anilines is 1. The molecule has 0 N–H and O–H groups in total. The van der Waals surface area contributed by atoms with E-state index in [1.165, 1.54) is 12.1 Å². The molecule has 0 aliphatic carbocycles. The van der Waals surface area contributed by atoms with E-state index in [0.29, 0.717) is 23.4 Å². The third-order valence-electron chi connectivity index (χ3n) is 7.57. The number of unbranched alkanes of at least 4 members (excludes halogenated alkanes) is 3. The molecule has 2 atom stereocenters. The maximum Gasteiger partial charge on any atom is 0.417 e. The summed E-state index contributed by atoms with van der Waals surface area (Å²) in [6.07, 6.45) is -0.440. The summed E-state index contributed by atoms with van der Waals surface area (Å²) in [6, 6.07) is 6.01. The molecule has 2 fully saturated rings. The van der Waals surface area contributed by atoms with E-state index in [0.717, 1.165) is 57.9 Å². The van der Waals surface area contributed by atoms with Gasteiger partial charge in [0.05, 0.1) is 22.7 Å². The molecule has 1 amide bonds. The number of halogens is 3. The normalized spacial score (nSPS) is 22.5. The number of carbonyl (C=O) groups excluding carboxylic acids is 1. The number of hydrogen-bond acceptors (Lipinski definition) is 4. The number of rotatable bonds is 8. The first-order chi connectivity index (χ1) is 17.3. The van der Waals surface area contributed by atoms with Crippen molar-refractivity contribution in [2.75, 3.05) is 37.6 Å². The lowest BCUT2D eigenvalue weighted by Crippen LogP contribution is -2.57. The monoisotopic (exact) mass is 537 g/mol. The molecule has 2 aliphatic heterocycles. The summed E-state index contributed by atoms with van der Waals surface area (Å²) >= 11 is 5.70. The quantitative estimate of drug-likeness (QED) is 0.333.